The molecule has 3 N–H and O–H groups in total. The predicted molar refractivity (Wildman–Crippen MR) is 96.0 cm³/mol. The van der Waals surface area contributed by atoms with Gasteiger partial charge in [-0.2, -0.15) is 0 Å². The van der Waals surface area contributed by atoms with Crippen LogP contribution in [0.4, 0.5) is 0 Å². The molecule has 0 spiro atoms. The lowest BCUT2D eigenvalue weighted by molar-refractivity contribution is 0.297. The number of nitrogens with two attached hydrogens (primary N) is 1. The molecule has 5 heteroatoms. The van der Waals surface area contributed by atoms with E-state index >= 15 is 0 Å². The molecule has 3 rings (SSSR count). The van der Waals surface area contributed by atoms with Crippen LogP contribution in [0.1, 0.15) is 23.3 Å². The Morgan fingerprint density at radius 1 is 1.26 bits per heavy atom. The highest BCUT2D eigenvalue weighted by Crippen LogP contribution is 2.30. The minimum atomic E-state index is 0.485. The van der Waals surface area contributed by atoms with E-state index in [4.69, 9.17) is 10.5 Å². The van der Waals surface area contributed by atoms with Crippen LogP contribution in [0.25, 0.3) is 0 Å². The fourth-order valence-electron chi connectivity index (χ4n) is 2.26. The quantitative estimate of drug-likeness (QED) is 0.577. The molecule has 1 fully saturated rings. The van der Waals surface area contributed by atoms with Gasteiger partial charge >= 0.3 is 0 Å². The summed E-state index contributed by atoms with van der Waals surface area (Å²) in [6.45, 7) is 2.16. The Bertz CT molecular complexity index is 635. The molecule has 1 aliphatic rings. The number of rotatable bonds is 8. The molecule has 0 bridgehead atoms. The molecule has 1 saturated carbocycles. The number of guanidine groups is 1. The highest BCUT2D eigenvalue weighted by atomic mass is 32.1. The molecular formula is C18H23N3OS. The van der Waals surface area contributed by atoms with E-state index in [-0.39, 0.29) is 0 Å². The van der Waals surface area contributed by atoms with E-state index < -0.39 is 0 Å². The fourth-order valence-corrected chi connectivity index (χ4v) is 2.97. The summed E-state index contributed by atoms with van der Waals surface area (Å²) in [4.78, 5) is 5.77. The molecule has 122 valence electrons. The number of hydrogen-bond acceptors (Lipinski definition) is 3. The Balaban J connectivity index is 1.47. The summed E-state index contributed by atoms with van der Waals surface area (Å²) in [7, 11) is 0. The molecule has 1 aromatic carbocycles. The van der Waals surface area contributed by atoms with Crippen LogP contribution in [-0.2, 0) is 13.0 Å². The lowest BCUT2D eigenvalue weighted by Gasteiger charge is -2.10. The summed E-state index contributed by atoms with van der Waals surface area (Å²) in [6, 6.07) is 12.3. The van der Waals surface area contributed by atoms with E-state index in [1.54, 1.807) is 11.3 Å². The van der Waals surface area contributed by atoms with Gasteiger partial charge in [-0.15, -0.1) is 11.3 Å². The number of nitrogens with zero attached hydrogens (tertiary/aromatic N) is 1. The van der Waals surface area contributed by atoms with E-state index in [9.17, 15) is 0 Å². The van der Waals surface area contributed by atoms with Crippen LogP contribution in [0.5, 0.6) is 5.75 Å². The van der Waals surface area contributed by atoms with Crippen molar-refractivity contribution in [3.63, 3.8) is 0 Å². The molecule has 0 radical (unpaired) electrons. The van der Waals surface area contributed by atoms with E-state index in [0.29, 0.717) is 12.5 Å². The first-order valence-corrected chi connectivity index (χ1v) is 8.96. The summed E-state index contributed by atoms with van der Waals surface area (Å²) >= 11 is 1.76. The van der Waals surface area contributed by atoms with Gasteiger partial charge in [0.25, 0.3) is 0 Å². The first kappa shape index (κ1) is 15.9. The average Bonchev–Trinajstić information content (AvgIpc) is 3.26. The minimum Gasteiger partial charge on any atom is -0.493 e. The third-order valence-corrected chi connectivity index (χ3v) is 4.76. The van der Waals surface area contributed by atoms with Crippen LogP contribution >= 0.6 is 11.3 Å². The maximum atomic E-state index is 5.94. The van der Waals surface area contributed by atoms with Crippen molar-refractivity contribution < 1.29 is 4.74 Å². The summed E-state index contributed by atoms with van der Waals surface area (Å²) in [5, 5.41) is 5.25. The van der Waals surface area contributed by atoms with Crippen molar-refractivity contribution in [1.29, 1.82) is 0 Å². The Kier molecular flexibility index (Phi) is 5.53. The van der Waals surface area contributed by atoms with Crippen LogP contribution in [0.3, 0.4) is 0 Å². The number of thiophene rings is 1. The van der Waals surface area contributed by atoms with Gasteiger partial charge in [0.05, 0.1) is 13.2 Å². The third-order valence-electron chi connectivity index (χ3n) is 3.82. The summed E-state index contributed by atoms with van der Waals surface area (Å²) in [5.74, 6) is 2.16. The average molecular weight is 329 g/mol. The standard InChI is InChI=1S/C18H23N3OS/c19-18(20-10-9-16-5-3-11-23-16)21-12-15-4-1-2-6-17(15)22-13-14-7-8-14/h1-6,11,14H,7-10,12-13H2,(H3,19,20,21). The molecule has 0 unspecified atom stereocenters. The molecule has 2 aromatic rings. The van der Waals surface area contributed by atoms with E-state index in [1.807, 2.05) is 24.3 Å². The Hall–Kier alpha value is -2.01. The second-order valence-corrected chi connectivity index (χ2v) is 6.85. The van der Waals surface area contributed by atoms with Crippen LogP contribution < -0.4 is 15.8 Å². The van der Waals surface area contributed by atoms with Gasteiger partial charge in [0.1, 0.15) is 5.75 Å². The zero-order valence-corrected chi connectivity index (χ0v) is 14.0. The molecule has 1 heterocycles. The van der Waals surface area contributed by atoms with E-state index in [0.717, 1.165) is 36.8 Å². The normalized spacial score (nSPS) is 14.7. The second-order valence-electron chi connectivity index (χ2n) is 5.82. The Morgan fingerprint density at radius 3 is 2.91 bits per heavy atom. The molecule has 4 nitrogen and oxygen atoms in total. The van der Waals surface area contributed by atoms with E-state index in [1.165, 1.54) is 17.7 Å². The van der Waals surface area contributed by atoms with Gasteiger partial charge in [0.15, 0.2) is 5.96 Å². The van der Waals surface area contributed by atoms with Crippen molar-refractivity contribution in [2.45, 2.75) is 25.8 Å². The van der Waals surface area contributed by atoms with Gasteiger partial charge < -0.3 is 15.8 Å². The molecule has 1 aromatic heterocycles. The zero-order valence-electron chi connectivity index (χ0n) is 13.2. The fraction of sp³-hybridized carbons (Fsp3) is 0.389. The summed E-state index contributed by atoms with van der Waals surface area (Å²) in [5.41, 5.74) is 7.02. The molecule has 0 aliphatic heterocycles. The zero-order chi connectivity index (χ0) is 15.9. The number of hydrogen-bond donors (Lipinski definition) is 2. The van der Waals surface area contributed by atoms with Crippen LogP contribution in [-0.4, -0.2) is 19.1 Å². The van der Waals surface area contributed by atoms with Gasteiger partial charge in [-0.25, -0.2) is 4.99 Å². The lowest BCUT2D eigenvalue weighted by Crippen LogP contribution is -2.33. The first-order valence-electron chi connectivity index (χ1n) is 8.08. The molecule has 0 atom stereocenters. The number of benzene rings is 1. The molecule has 1 aliphatic carbocycles. The van der Waals surface area contributed by atoms with E-state index in [2.05, 4.69) is 27.8 Å². The lowest BCUT2D eigenvalue weighted by atomic mass is 10.2. The maximum Gasteiger partial charge on any atom is 0.188 e. The van der Waals surface area contributed by atoms with Crippen molar-refractivity contribution in [3.8, 4) is 5.75 Å². The van der Waals surface area contributed by atoms with Gasteiger partial charge in [0.2, 0.25) is 0 Å². The monoisotopic (exact) mass is 329 g/mol. The largest absolute Gasteiger partial charge is 0.493 e. The van der Waals surface area contributed by atoms with Crippen molar-refractivity contribution in [3.05, 3.63) is 52.2 Å². The van der Waals surface area contributed by atoms with Gasteiger partial charge in [-0.3, -0.25) is 0 Å². The second kappa shape index (κ2) is 8.02. The van der Waals surface area contributed by atoms with Crippen LogP contribution in [0.15, 0.2) is 46.8 Å². The van der Waals surface area contributed by atoms with Crippen molar-refractivity contribution in [2.75, 3.05) is 13.2 Å². The smallest absolute Gasteiger partial charge is 0.188 e. The maximum absolute atomic E-state index is 5.94. The highest BCUT2D eigenvalue weighted by Gasteiger charge is 2.22. The molecular weight excluding hydrogens is 306 g/mol. The number of nitrogens with one attached hydrogen (secondary N) is 1. The van der Waals surface area contributed by atoms with Crippen molar-refractivity contribution in [2.24, 2.45) is 16.6 Å². The summed E-state index contributed by atoms with van der Waals surface area (Å²) < 4.78 is 5.89. The molecule has 0 saturated heterocycles. The highest BCUT2D eigenvalue weighted by molar-refractivity contribution is 7.09. The topological polar surface area (TPSA) is 59.6 Å². The third kappa shape index (κ3) is 5.28. The SMILES string of the molecule is NC(=NCc1ccccc1OCC1CC1)NCCc1cccs1. The van der Waals surface area contributed by atoms with Gasteiger partial charge in [-0.05, 0) is 42.7 Å². The number of para-hydroxylation sites is 1. The summed E-state index contributed by atoms with van der Waals surface area (Å²) in [6.07, 6.45) is 3.55. The number of aliphatic imine (C=N–C) groups is 1. The Labute approximate surface area is 141 Å². The van der Waals surface area contributed by atoms with Crippen molar-refractivity contribution in [1.82, 2.24) is 5.32 Å². The molecule has 23 heavy (non-hydrogen) atoms. The molecule has 0 amide bonds. The predicted octanol–water partition coefficient (Wildman–Crippen LogP) is 3.18. The van der Waals surface area contributed by atoms with Gasteiger partial charge in [0, 0.05) is 17.0 Å². The minimum absolute atomic E-state index is 0.485. The van der Waals surface area contributed by atoms with Crippen molar-refractivity contribution >= 4 is 17.3 Å². The van der Waals surface area contributed by atoms with Crippen LogP contribution in [0, 0.1) is 5.92 Å². The first-order chi connectivity index (χ1) is 11.3. The Morgan fingerprint density at radius 2 is 2.13 bits per heavy atom. The number of ether oxygens (including phenoxy) is 1. The van der Waals surface area contributed by atoms with Crippen LogP contribution in [0.2, 0.25) is 0 Å². The van der Waals surface area contributed by atoms with Gasteiger partial charge in [-0.1, -0.05) is 24.3 Å².